The molecule has 1 saturated heterocycles. The Bertz CT molecular complexity index is 132. The largest absolute Gasteiger partial charge is 0.370 e. The van der Waals surface area contributed by atoms with Crippen molar-refractivity contribution in [1.29, 1.82) is 0 Å². The van der Waals surface area contributed by atoms with Gasteiger partial charge in [0.25, 0.3) is 0 Å². The van der Waals surface area contributed by atoms with Gasteiger partial charge in [0.1, 0.15) is 6.17 Å². The number of nitrogens with one attached hydrogen (secondary N) is 2. The van der Waals surface area contributed by atoms with Crippen molar-refractivity contribution in [2.24, 2.45) is 4.99 Å². The maximum absolute atomic E-state index is 4.21. The summed E-state index contributed by atoms with van der Waals surface area (Å²) >= 11 is 0. The topological polar surface area (TPSA) is 36.4 Å². The second-order valence-electron chi connectivity index (χ2n) is 2.59. The van der Waals surface area contributed by atoms with E-state index < -0.39 is 0 Å². The third-order valence-electron chi connectivity index (χ3n) is 1.95. The minimum Gasteiger partial charge on any atom is -0.370 e. The molecule has 2 heterocycles. The Hall–Kier alpha value is -0.570. The van der Waals surface area contributed by atoms with E-state index >= 15 is 0 Å². The third-order valence-corrected chi connectivity index (χ3v) is 1.95. The number of fused-ring (bicyclic) bond motifs is 1. The lowest BCUT2D eigenvalue weighted by Gasteiger charge is -2.24. The molecule has 0 aliphatic carbocycles. The van der Waals surface area contributed by atoms with Gasteiger partial charge in [0.15, 0.2) is 0 Å². The number of hydrogen-bond acceptors (Lipinski definition) is 3. The van der Waals surface area contributed by atoms with Crippen LogP contribution in [0.25, 0.3) is 0 Å². The molecule has 2 rings (SSSR count). The Morgan fingerprint density at radius 3 is 3.44 bits per heavy atom. The first-order chi connectivity index (χ1) is 4.47. The molecule has 2 unspecified atom stereocenters. The summed E-state index contributed by atoms with van der Waals surface area (Å²) in [5, 5.41) is 6.52. The molecule has 50 valence electrons. The Morgan fingerprint density at radius 2 is 2.56 bits per heavy atom. The lowest BCUT2D eigenvalue weighted by Crippen LogP contribution is -2.45. The first kappa shape index (κ1) is 5.23. The van der Waals surface area contributed by atoms with Crippen molar-refractivity contribution in [3.8, 4) is 0 Å². The van der Waals surface area contributed by atoms with E-state index in [0.29, 0.717) is 12.2 Å². The summed E-state index contributed by atoms with van der Waals surface area (Å²) in [6.45, 7) is 1.13. The minimum absolute atomic E-state index is 0.374. The van der Waals surface area contributed by atoms with E-state index in [0.717, 1.165) is 6.54 Å². The fourth-order valence-corrected chi connectivity index (χ4v) is 1.42. The maximum Gasteiger partial charge on any atom is 0.121 e. The van der Waals surface area contributed by atoms with Gasteiger partial charge < -0.3 is 5.32 Å². The quantitative estimate of drug-likeness (QED) is 0.466. The van der Waals surface area contributed by atoms with Gasteiger partial charge in [-0.05, 0) is 19.4 Å². The molecule has 0 saturated carbocycles. The van der Waals surface area contributed by atoms with Gasteiger partial charge in [0.2, 0.25) is 0 Å². The van der Waals surface area contributed by atoms with Crippen LogP contribution in [0.1, 0.15) is 12.8 Å². The second-order valence-corrected chi connectivity index (χ2v) is 2.59. The van der Waals surface area contributed by atoms with E-state index in [2.05, 4.69) is 15.6 Å². The van der Waals surface area contributed by atoms with Crippen molar-refractivity contribution >= 4 is 6.34 Å². The van der Waals surface area contributed by atoms with Gasteiger partial charge >= 0.3 is 0 Å². The summed E-state index contributed by atoms with van der Waals surface area (Å²) in [6, 6.07) is 0.582. The van der Waals surface area contributed by atoms with Gasteiger partial charge in [-0.2, -0.15) is 0 Å². The molecule has 1 fully saturated rings. The third kappa shape index (κ3) is 0.812. The molecule has 2 aliphatic rings. The highest BCUT2D eigenvalue weighted by Gasteiger charge is 2.25. The second kappa shape index (κ2) is 1.99. The number of nitrogens with zero attached hydrogens (tertiary/aromatic N) is 1. The molecule has 3 nitrogen and oxygen atoms in total. The molecule has 2 aliphatic heterocycles. The average molecular weight is 125 g/mol. The number of piperidine rings is 1. The van der Waals surface area contributed by atoms with E-state index in [4.69, 9.17) is 0 Å². The summed E-state index contributed by atoms with van der Waals surface area (Å²) in [5.74, 6) is 0. The molecule has 0 aromatic heterocycles. The molecule has 0 aromatic rings. The Morgan fingerprint density at radius 1 is 1.56 bits per heavy atom. The van der Waals surface area contributed by atoms with Crippen LogP contribution in [0.4, 0.5) is 0 Å². The summed E-state index contributed by atoms with van der Waals surface area (Å²) in [7, 11) is 0. The van der Waals surface area contributed by atoms with Crippen LogP contribution in [0, 0.1) is 0 Å². The van der Waals surface area contributed by atoms with E-state index in [1.807, 2.05) is 6.34 Å². The van der Waals surface area contributed by atoms with Gasteiger partial charge in [-0.25, -0.2) is 0 Å². The Labute approximate surface area is 54.5 Å². The van der Waals surface area contributed by atoms with Crippen molar-refractivity contribution in [3.05, 3.63) is 0 Å². The van der Waals surface area contributed by atoms with E-state index in [-0.39, 0.29) is 0 Å². The molecule has 0 amide bonds. The van der Waals surface area contributed by atoms with Gasteiger partial charge in [0, 0.05) is 0 Å². The number of aliphatic imine (C=N–C) groups is 1. The maximum atomic E-state index is 4.21. The zero-order chi connectivity index (χ0) is 6.10. The zero-order valence-electron chi connectivity index (χ0n) is 5.30. The van der Waals surface area contributed by atoms with E-state index in [9.17, 15) is 0 Å². The van der Waals surface area contributed by atoms with Crippen molar-refractivity contribution in [2.75, 3.05) is 6.54 Å². The molecule has 0 spiro atoms. The van der Waals surface area contributed by atoms with E-state index in [1.165, 1.54) is 12.8 Å². The Balaban J connectivity index is 2.03. The van der Waals surface area contributed by atoms with Crippen LogP contribution < -0.4 is 10.6 Å². The predicted octanol–water partition coefficient (Wildman–Crippen LogP) is -0.304. The first-order valence-electron chi connectivity index (χ1n) is 3.48. The fourth-order valence-electron chi connectivity index (χ4n) is 1.42. The summed E-state index contributed by atoms with van der Waals surface area (Å²) < 4.78 is 0. The number of hydrogen-bond donors (Lipinski definition) is 2. The van der Waals surface area contributed by atoms with Crippen molar-refractivity contribution in [2.45, 2.75) is 25.0 Å². The lowest BCUT2D eigenvalue weighted by atomic mass is 10.1. The predicted molar refractivity (Wildman–Crippen MR) is 36.4 cm³/mol. The SMILES string of the molecule is C1=NC2NCCCC2N1. The van der Waals surface area contributed by atoms with Crippen LogP contribution in [0.3, 0.4) is 0 Å². The molecular formula is C6H11N3. The molecule has 0 radical (unpaired) electrons. The Kier molecular flexibility index (Phi) is 1.16. The summed E-state index contributed by atoms with van der Waals surface area (Å²) in [6.07, 6.45) is 4.72. The smallest absolute Gasteiger partial charge is 0.121 e. The van der Waals surface area contributed by atoms with Gasteiger partial charge in [-0.1, -0.05) is 0 Å². The van der Waals surface area contributed by atoms with Crippen LogP contribution in [0.15, 0.2) is 4.99 Å². The average Bonchev–Trinajstić information content (AvgIpc) is 2.33. The van der Waals surface area contributed by atoms with Gasteiger partial charge in [0.05, 0.1) is 12.4 Å². The van der Waals surface area contributed by atoms with Crippen LogP contribution in [-0.4, -0.2) is 25.1 Å². The highest BCUT2D eigenvalue weighted by molar-refractivity contribution is 5.58. The van der Waals surface area contributed by atoms with Crippen LogP contribution in [0.5, 0.6) is 0 Å². The molecule has 0 aromatic carbocycles. The highest BCUT2D eigenvalue weighted by atomic mass is 15.2. The van der Waals surface area contributed by atoms with Crippen molar-refractivity contribution < 1.29 is 0 Å². The minimum atomic E-state index is 0.374. The normalized spacial score (nSPS) is 40.0. The summed E-state index contributed by atoms with van der Waals surface area (Å²) in [4.78, 5) is 4.21. The van der Waals surface area contributed by atoms with Crippen LogP contribution >= 0.6 is 0 Å². The summed E-state index contributed by atoms with van der Waals surface area (Å²) in [5.41, 5.74) is 0. The molecule has 3 heteroatoms. The van der Waals surface area contributed by atoms with Crippen molar-refractivity contribution in [3.63, 3.8) is 0 Å². The molecular weight excluding hydrogens is 114 g/mol. The highest BCUT2D eigenvalue weighted by Crippen LogP contribution is 2.11. The monoisotopic (exact) mass is 125 g/mol. The van der Waals surface area contributed by atoms with Gasteiger partial charge in [-0.15, -0.1) is 0 Å². The standard InChI is InChI=1S/C6H11N3/c1-2-5-6(7-3-1)9-4-8-5/h4-7H,1-3H2,(H,8,9). The molecule has 9 heavy (non-hydrogen) atoms. The van der Waals surface area contributed by atoms with Gasteiger partial charge in [-0.3, -0.25) is 10.3 Å². The molecule has 2 N–H and O–H groups in total. The fraction of sp³-hybridized carbons (Fsp3) is 0.833. The van der Waals surface area contributed by atoms with Crippen LogP contribution in [-0.2, 0) is 0 Å². The molecule has 0 bridgehead atoms. The van der Waals surface area contributed by atoms with E-state index in [1.54, 1.807) is 0 Å². The first-order valence-corrected chi connectivity index (χ1v) is 3.48. The number of rotatable bonds is 0. The van der Waals surface area contributed by atoms with Crippen LogP contribution in [0.2, 0.25) is 0 Å². The lowest BCUT2D eigenvalue weighted by molar-refractivity contribution is 0.360. The zero-order valence-corrected chi connectivity index (χ0v) is 5.30. The molecule has 2 atom stereocenters. The van der Waals surface area contributed by atoms with Crippen molar-refractivity contribution in [1.82, 2.24) is 10.6 Å².